The number of nitrogens with two attached hydrogens (primary N) is 1. The molecule has 2 N–H and O–H groups in total. The van der Waals surface area contributed by atoms with Crippen LogP contribution in [0.2, 0.25) is 0 Å². The van der Waals surface area contributed by atoms with E-state index in [-0.39, 0.29) is 12.5 Å². The van der Waals surface area contributed by atoms with Crippen molar-refractivity contribution in [1.82, 2.24) is 4.98 Å². The van der Waals surface area contributed by atoms with E-state index in [2.05, 4.69) is 4.98 Å². The highest BCUT2D eigenvalue weighted by Crippen LogP contribution is 2.23. The van der Waals surface area contributed by atoms with Gasteiger partial charge in [-0.15, -0.1) is 0 Å². The molecule has 1 aromatic heterocycles. The summed E-state index contributed by atoms with van der Waals surface area (Å²) in [6.07, 6.45) is 0.430. The fourth-order valence-electron chi connectivity index (χ4n) is 1.60. The smallest absolute Gasteiger partial charge is 0.313 e. The highest BCUT2D eigenvalue weighted by molar-refractivity contribution is 5.77. The van der Waals surface area contributed by atoms with Crippen molar-refractivity contribution in [2.45, 2.75) is 20.3 Å². The van der Waals surface area contributed by atoms with Gasteiger partial charge in [-0.1, -0.05) is 6.07 Å². The van der Waals surface area contributed by atoms with Gasteiger partial charge < -0.3 is 15.2 Å². The van der Waals surface area contributed by atoms with Crippen LogP contribution in [0.3, 0.4) is 0 Å². The van der Waals surface area contributed by atoms with Gasteiger partial charge in [0.1, 0.15) is 0 Å². The third kappa shape index (κ3) is 3.43. The summed E-state index contributed by atoms with van der Waals surface area (Å²) in [4.78, 5) is 16.2. The molecule has 18 heavy (non-hydrogen) atoms. The van der Waals surface area contributed by atoms with Gasteiger partial charge in [0.05, 0.1) is 19.1 Å². The largest absolute Gasteiger partial charge is 0.481 e. The Balaban J connectivity index is 2.87. The van der Waals surface area contributed by atoms with Crippen LogP contribution < -0.4 is 10.5 Å². The molecule has 5 heteroatoms. The molecule has 1 atom stereocenters. The average molecular weight is 252 g/mol. The second-order valence-electron chi connectivity index (χ2n) is 4.33. The minimum atomic E-state index is -0.755. The van der Waals surface area contributed by atoms with E-state index in [1.807, 2.05) is 12.1 Å². The molecule has 0 spiro atoms. The van der Waals surface area contributed by atoms with Gasteiger partial charge in [0, 0.05) is 24.7 Å². The number of methoxy groups -OCH3 is 1. The Labute approximate surface area is 107 Å². The number of aromatic nitrogens is 1. The van der Waals surface area contributed by atoms with Crippen molar-refractivity contribution in [3.63, 3.8) is 0 Å². The van der Waals surface area contributed by atoms with E-state index in [9.17, 15) is 4.79 Å². The number of hydrogen-bond acceptors (Lipinski definition) is 5. The minimum absolute atomic E-state index is 0.213. The van der Waals surface area contributed by atoms with Gasteiger partial charge in [-0.05, 0) is 19.9 Å². The molecule has 100 valence electrons. The van der Waals surface area contributed by atoms with Crippen LogP contribution in [-0.4, -0.2) is 31.2 Å². The molecule has 0 aliphatic carbocycles. The molecule has 5 nitrogen and oxygen atoms in total. The van der Waals surface area contributed by atoms with Gasteiger partial charge in [-0.2, -0.15) is 0 Å². The van der Waals surface area contributed by atoms with Gasteiger partial charge in [-0.25, -0.2) is 4.98 Å². The Kier molecular flexibility index (Phi) is 5.09. The van der Waals surface area contributed by atoms with E-state index in [4.69, 9.17) is 15.2 Å². The second-order valence-corrected chi connectivity index (χ2v) is 4.33. The maximum absolute atomic E-state index is 11.9. The number of esters is 1. The fourth-order valence-corrected chi connectivity index (χ4v) is 1.60. The van der Waals surface area contributed by atoms with Gasteiger partial charge >= 0.3 is 5.97 Å². The summed E-state index contributed by atoms with van der Waals surface area (Å²) in [5.41, 5.74) is 5.70. The van der Waals surface area contributed by atoms with Crippen molar-refractivity contribution in [3.05, 3.63) is 23.9 Å². The molecular formula is C13H20N2O3. The molecule has 0 saturated heterocycles. The van der Waals surface area contributed by atoms with E-state index in [1.54, 1.807) is 27.0 Å². The second kappa shape index (κ2) is 6.35. The summed E-state index contributed by atoms with van der Waals surface area (Å²) >= 11 is 0. The summed E-state index contributed by atoms with van der Waals surface area (Å²) < 4.78 is 10.1. The lowest BCUT2D eigenvalue weighted by Crippen LogP contribution is -2.39. The molecule has 0 aromatic carbocycles. The molecule has 0 aliphatic heterocycles. The molecule has 0 fully saturated rings. The van der Waals surface area contributed by atoms with Crippen LogP contribution in [0.1, 0.15) is 19.5 Å². The summed E-state index contributed by atoms with van der Waals surface area (Å²) in [6, 6.07) is 5.44. The normalized spacial score (nSPS) is 13.8. The van der Waals surface area contributed by atoms with Crippen molar-refractivity contribution in [1.29, 1.82) is 0 Å². The van der Waals surface area contributed by atoms with Crippen LogP contribution in [0.15, 0.2) is 18.2 Å². The van der Waals surface area contributed by atoms with E-state index in [0.717, 1.165) is 5.69 Å². The number of nitrogens with zero attached hydrogens (tertiary/aromatic N) is 1. The molecule has 0 amide bonds. The van der Waals surface area contributed by atoms with Gasteiger partial charge in [0.2, 0.25) is 5.88 Å². The molecule has 1 heterocycles. The van der Waals surface area contributed by atoms with Crippen LogP contribution >= 0.6 is 0 Å². The average Bonchev–Trinajstić information content (AvgIpc) is 2.39. The minimum Gasteiger partial charge on any atom is -0.481 e. The predicted octanol–water partition coefficient (Wildman–Crippen LogP) is 1.16. The SMILES string of the molecule is CCOC(=O)C(C)(CN)Cc1cccc(OC)n1. The van der Waals surface area contributed by atoms with Crippen LogP contribution in [-0.2, 0) is 16.0 Å². The summed E-state index contributed by atoms with van der Waals surface area (Å²) in [5.74, 6) is 0.229. The lowest BCUT2D eigenvalue weighted by atomic mass is 9.85. The zero-order chi connectivity index (χ0) is 13.6. The van der Waals surface area contributed by atoms with Crippen molar-refractivity contribution in [3.8, 4) is 5.88 Å². The maximum atomic E-state index is 11.9. The maximum Gasteiger partial charge on any atom is 0.313 e. The summed E-state index contributed by atoms with van der Waals surface area (Å²) in [5, 5.41) is 0. The molecule has 1 unspecified atom stereocenters. The van der Waals surface area contributed by atoms with Crippen molar-refractivity contribution in [2.24, 2.45) is 11.1 Å². The van der Waals surface area contributed by atoms with Crippen LogP contribution in [0.4, 0.5) is 0 Å². The first-order valence-electron chi connectivity index (χ1n) is 5.93. The van der Waals surface area contributed by atoms with Crippen LogP contribution in [0, 0.1) is 5.41 Å². The fraction of sp³-hybridized carbons (Fsp3) is 0.538. The zero-order valence-corrected chi connectivity index (χ0v) is 11.1. The Hall–Kier alpha value is -1.62. The topological polar surface area (TPSA) is 74.4 Å². The third-order valence-corrected chi connectivity index (χ3v) is 2.78. The van der Waals surface area contributed by atoms with Crippen molar-refractivity contribution >= 4 is 5.97 Å². The molecule has 0 radical (unpaired) electrons. The standard InChI is InChI=1S/C13H20N2O3/c1-4-18-12(16)13(2,9-14)8-10-6-5-7-11(15-10)17-3/h5-7H,4,8-9,14H2,1-3H3. The number of rotatable bonds is 6. The third-order valence-electron chi connectivity index (χ3n) is 2.78. The number of hydrogen-bond donors (Lipinski definition) is 1. The lowest BCUT2D eigenvalue weighted by Gasteiger charge is -2.25. The Morgan fingerprint density at radius 2 is 2.22 bits per heavy atom. The van der Waals surface area contributed by atoms with Crippen molar-refractivity contribution < 1.29 is 14.3 Å². The van der Waals surface area contributed by atoms with Gasteiger partial charge in [-0.3, -0.25) is 4.79 Å². The van der Waals surface area contributed by atoms with E-state index in [1.165, 1.54) is 0 Å². The Bertz CT molecular complexity index is 409. The quantitative estimate of drug-likeness (QED) is 0.769. The molecular weight excluding hydrogens is 232 g/mol. The van der Waals surface area contributed by atoms with E-state index < -0.39 is 5.41 Å². The van der Waals surface area contributed by atoms with Crippen LogP contribution in [0.5, 0.6) is 5.88 Å². The zero-order valence-electron chi connectivity index (χ0n) is 11.1. The summed E-state index contributed by atoms with van der Waals surface area (Å²) in [6.45, 7) is 4.12. The first kappa shape index (κ1) is 14.4. The Morgan fingerprint density at radius 3 is 2.78 bits per heavy atom. The van der Waals surface area contributed by atoms with Gasteiger partial charge in [0.15, 0.2) is 0 Å². The molecule has 0 aliphatic rings. The predicted molar refractivity (Wildman–Crippen MR) is 68.3 cm³/mol. The molecule has 0 bridgehead atoms. The molecule has 1 aromatic rings. The van der Waals surface area contributed by atoms with Crippen LogP contribution in [0.25, 0.3) is 0 Å². The van der Waals surface area contributed by atoms with E-state index in [0.29, 0.717) is 18.9 Å². The monoisotopic (exact) mass is 252 g/mol. The van der Waals surface area contributed by atoms with E-state index >= 15 is 0 Å². The molecule has 0 saturated carbocycles. The first-order valence-corrected chi connectivity index (χ1v) is 5.93. The summed E-state index contributed by atoms with van der Waals surface area (Å²) in [7, 11) is 1.56. The number of carbonyl (C=O) groups excluding carboxylic acids is 1. The number of carbonyl (C=O) groups is 1. The van der Waals surface area contributed by atoms with Gasteiger partial charge in [0.25, 0.3) is 0 Å². The van der Waals surface area contributed by atoms with Crippen molar-refractivity contribution in [2.75, 3.05) is 20.3 Å². The molecule has 1 rings (SSSR count). The first-order chi connectivity index (χ1) is 8.55. The highest BCUT2D eigenvalue weighted by atomic mass is 16.5. The number of pyridine rings is 1. The highest BCUT2D eigenvalue weighted by Gasteiger charge is 2.34. The number of ether oxygens (including phenoxy) is 2. The lowest BCUT2D eigenvalue weighted by molar-refractivity contribution is -0.153. The Morgan fingerprint density at radius 1 is 1.50 bits per heavy atom.